The Morgan fingerprint density at radius 2 is 1.31 bits per heavy atom. The summed E-state index contributed by atoms with van der Waals surface area (Å²) < 4.78 is 37.7. The van der Waals surface area contributed by atoms with Crippen LogP contribution in [0, 0.1) is 0 Å². The number of carboxylic acids is 1. The zero-order chi connectivity index (χ0) is 26.4. The van der Waals surface area contributed by atoms with Gasteiger partial charge in [0.15, 0.2) is 37.0 Å². The minimum Gasteiger partial charge on any atom is -0.479 e. The van der Waals surface area contributed by atoms with Crippen molar-refractivity contribution in [2.75, 3.05) is 6.61 Å². The summed E-state index contributed by atoms with van der Waals surface area (Å²) in [5.74, 6) is -3.91. The monoisotopic (exact) mass is 508 g/mol. The Hall–Kier alpha value is -2.36. The summed E-state index contributed by atoms with van der Waals surface area (Å²) in [5, 5.41) is 30.7. The van der Waals surface area contributed by atoms with Crippen molar-refractivity contribution in [1.82, 2.24) is 0 Å². The number of carbonyl (C=O) groups excluding carboxylic acids is 3. The van der Waals surface area contributed by atoms with Crippen molar-refractivity contribution in [3.63, 3.8) is 0 Å². The van der Waals surface area contributed by atoms with E-state index in [0.29, 0.717) is 6.42 Å². The largest absolute Gasteiger partial charge is 0.479 e. The minimum atomic E-state index is -1.82. The standard InChI is InChI=1S/C21H32O14/c1-6-7-29-20-13(26)12(25)15(17(35-20)19(27)28)34-21-18(33-11(5)24)16(32-10(4)23)14(8(2)30-21)31-9(3)22/h8,12-18,20-21,25-26H,6-7H2,1-5H3,(H,27,28)/t8-,12+,13+,14-,15+,16+,17-,18+,20+,21-/m0/s1. The van der Waals surface area contributed by atoms with E-state index in [1.165, 1.54) is 6.92 Å². The number of aliphatic hydroxyl groups is 2. The highest BCUT2D eigenvalue weighted by Crippen LogP contribution is 2.33. The van der Waals surface area contributed by atoms with Gasteiger partial charge in [0.05, 0.1) is 6.10 Å². The van der Waals surface area contributed by atoms with E-state index < -0.39 is 85.3 Å². The molecule has 0 saturated carbocycles. The Morgan fingerprint density at radius 3 is 1.83 bits per heavy atom. The smallest absolute Gasteiger partial charge is 0.335 e. The maximum atomic E-state index is 11.9. The molecule has 0 bridgehead atoms. The van der Waals surface area contributed by atoms with Crippen LogP contribution in [0.1, 0.15) is 41.0 Å². The van der Waals surface area contributed by atoms with Gasteiger partial charge in [0, 0.05) is 27.4 Å². The topological polar surface area (TPSA) is 194 Å². The molecule has 35 heavy (non-hydrogen) atoms. The first-order valence-electron chi connectivity index (χ1n) is 11.1. The van der Waals surface area contributed by atoms with Crippen molar-refractivity contribution >= 4 is 23.9 Å². The second kappa shape index (κ2) is 12.6. The van der Waals surface area contributed by atoms with Gasteiger partial charge < -0.3 is 48.5 Å². The summed E-state index contributed by atoms with van der Waals surface area (Å²) in [6.07, 6.45) is -14.7. The molecule has 0 radical (unpaired) electrons. The maximum Gasteiger partial charge on any atom is 0.335 e. The maximum absolute atomic E-state index is 11.9. The summed E-state index contributed by atoms with van der Waals surface area (Å²) in [5.41, 5.74) is 0. The van der Waals surface area contributed by atoms with Crippen LogP contribution in [0.3, 0.4) is 0 Å². The van der Waals surface area contributed by atoms with E-state index in [0.717, 1.165) is 20.8 Å². The molecule has 10 atom stereocenters. The molecule has 200 valence electrons. The lowest BCUT2D eigenvalue weighted by Crippen LogP contribution is -2.66. The predicted molar refractivity (Wildman–Crippen MR) is 110 cm³/mol. The molecule has 0 aromatic heterocycles. The van der Waals surface area contributed by atoms with Crippen LogP contribution in [0.2, 0.25) is 0 Å². The van der Waals surface area contributed by atoms with E-state index in [-0.39, 0.29) is 6.61 Å². The molecular weight excluding hydrogens is 476 g/mol. The predicted octanol–water partition coefficient (Wildman–Crippen LogP) is -1.13. The van der Waals surface area contributed by atoms with E-state index in [4.69, 9.17) is 33.2 Å². The first-order valence-corrected chi connectivity index (χ1v) is 11.1. The zero-order valence-corrected chi connectivity index (χ0v) is 20.0. The number of rotatable bonds is 9. The van der Waals surface area contributed by atoms with Gasteiger partial charge in [0.2, 0.25) is 0 Å². The van der Waals surface area contributed by atoms with Crippen molar-refractivity contribution < 1.29 is 67.7 Å². The van der Waals surface area contributed by atoms with Crippen LogP contribution in [-0.4, -0.2) is 107 Å². The molecule has 0 amide bonds. The van der Waals surface area contributed by atoms with Crippen LogP contribution in [0.15, 0.2) is 0 Å². The minimum absolute atomic E-state index is 0.131. The molecule has 2 saturated heterocycles. The van der Waals surface area contributed by atoms with Crippen LogP contribution in [0.4, 0.5) is 0 Å². The van der Waals surface area contributed by atoms with Gasteiger partial charge in [-0.1, -0.05) is 6.92 Å². The van der Waals surface area contributed by atoms with E-state index >= 15 is 0 Å². The molecule has 0 unspecified atom stereocenters. The molecule has 0 aliphatic carbocycles. The van der Waals surface area contributed by atoms with Crippen molar-refractivity contribution in [3.05, 3.63) is 0 Å². The van der Waals surface area contributed by atoms with Gasteiger partial charge in [-0.05, 0) is 13.3 Å². The highest BCUT2D eigenvalue weighted by atomic mass is 16.8. The number of esters is 3. The molecule has 14 heteroatoms. The molecule has 2 aliphatic heterocycles. The highest BCUT2D eigenvalue weighted by molar-refractivity contribution is 5.73. The molecular formula is C21H32O14. The average Bonchev–Trinajstić information content (AvgIpc) is 2.75. The van der Waals surface area contributed by atoms with E-state index in [9.17, 15) is 34.5 Å². The number of carboxylic acid groups (broad SMARTS) is 1. The van der Waals surface area contributed by atoms with Crippen molar-refractivity contribution in [1.29, 1.82) is 0 Å². The van der Waals surface area contributed by atoms with Crippen molar-refractivity contribution in [3.8, 4) is 0 Å². The number of aliphatic hydroxyl groups excluding tert-OH is 2. The molecule has 0 aromatic carbocycles. The number of hydrogen-bond donors (Lipinski definition) is 3. The molecule has 2 rings (SSSR count). The van der Waals surface area contributed by atoms with Gasteiger partial charge in [-0.3, -0.25) is 14.4 Å². The van der Waals surface area contributed by atoms with E-state index in [1.807, 2.05) is 0 Å². The Morgan fingerprint density at radius 1 is 0.771 bits per heavy atom. The fraction of sp³-hybridized carbons (Fsp3) is 0.810. The molecule has 2 fully saturated rings. The van der Waals surface area contributed by atoms with Crippen molar-refractivity contribution in [2.45, 2.75) is 102 Å². The molecule has 0 spiro atoms. The number of ether oxygens (including phenoxy) is 7. The molecule has 2 aliphatic rings. The lowest BCUT2D eigenvalue weighted by atomic mass is 9.96. The van der Waals surface area contributed by atoms with Crippen molar-refractivity contribution in [2.24, 2.45) is 0 Å². The zero-order valence-electron chi connectivity index (χ0n) is 20.0. The molecule has 0 aromatic rings. The summed E-state index contributed by atoms with van der Waals surface area (Å²) in [6, 6.07) is 0. The van der Waals surface area contributed by atoms with Gasteiger partial charge in [-0.2, -0.15) is 0 Å². The second-order valence-electron chi connectivity index (χ2n) is 8.15. The fourth-order valence-electron chi connectivity index (χ4n) is 3.79. The summed E-state index contributed by atoms with van der Waals surface area (Å²) in [6.45, 7) is 6.62. The van der Waals surface area contributed by atoms with Gasteiger partial charge in [0.25, 0.3) is 0 Å². The van der Waals surface area contributed by atoms with Gasteiger partial charge in [-0.25, -0.2) is 4.79 Å². The van der Waals surface area contributed by atoms with Crippen LogP contribution < -0.4 is 0 Å². The quantitative estimate of drug-likeness (QED) is 0.250. The van der Waals surface area contributed by atoms with Crippen LogP contribution >= 0.6 is 0 Å². The van der Waals surface area contributed by atoms with E-state index in [1.54, 1.807) is 6.92 Å². The molecule has 2 heterocycles. The summed E-state index contributed by atoms with van der Waals surface area (Å²) in [4.78, 5) is 47.1. The first kappa shape index (κ1) is 28.9. The first-order chi connectivity index (χ1) is 16.4. The van der Waals surface area contributed by atoms with Gasteiger partial charge in [-0.15, -0.1) is 0 Å². The summed E-state index contributed by atoms with van der Waals surface area (Å²) in [7, 11) is 0. The van der Waals surface area contributed by atoms with Crippen LogP contribution in [0.25, 0.3) is 0 Å². The normalized spacial score (nSPS) is 37.2. The Bertz CT molecular complexity index is 771. The average molecular weight is 508 g/mol. The fourth-order valence-corrected chi connectivity index (χ4v) is 3.79. The Kier molecular flexibility index (Phi) is 10.4. The lowest BCUT2D eigenvalue weighted by Gasteiger charge is -2.46. The number of aliphatic carboxylic acids is 1. The number of carbonyl (C=O) groups is 4. The molecule has 3 N–H and O–H groups in total. The SMILES string of the molecule is CCCO[C@@H]1O[C@H](C(=O)O)[C@H](O[C@@H]2O[C@@H](C)[C@H](OC(C)=O)[C@@H](OC(C)=O)[C@H]2OC(C)=O)[C@H](O)[C@H]1O. The van der Waals surface area contributed by atoms with Crippen LogP contribution in [-0.2, 0) is 52.3 Å². The number of hydrogen-bond acceptors (Lipinski definition) is 13. The third-order valence-electron chi connectivity index (χ3n) is 5.20. The third-order valence-corrected chi connectivity index (χ3v) is 5.20. The van der Waals surface area contributed by atoms with Gasteiger partial charge in [0.1, 0.15) is 18.3 Å². The van der Waals surface area contributed by atoms with E-state index in [2.05, 4.69) is 0 Å². The Balaban J connectivity index is 2.38. The summed E-state index contributed by atoms with van der Waals surface area (Å²) >= 11 is 0. The highest BCUT2D eigenvalue weighted by Gasteiger charge is 2.55. The second-order valence-corrected chi connectivity index (χ2v) is 8.15. The van der Waals surface area contributed by atoms with Gasteiger partial charge >= 0.3 is 23.9 Å². The Labute approximate surface area is 201 Å². The lowest BCUT2D eigenvalue weighted by molar-refractivity contribution is -0.352. The molecule has 14 nitrogen and oxygen atoms in total. The van der Waals surface area contributed by atoms with Crippen LogP contribution in [0.5, 0.6) is 0 Å². The third kappa shape index (κ3) is 7.32.